The highest BCUT2D eigenvalue weighted by Crippen LogP contribution is 2.16. The van der Waals surface area contributed by atoms with Gasteiger partial charge in [0.1, 0.15) is 11.5 Å². The molecule has 1 aromatic rings. The van der Waals surface area contributed by atoms with Crippen LogP contribution in [0.4, 0.5) is 0 Å². The molecule has 0 aliphatic carbocycles. The first-order chi connectivity index (χ1) is 14.3. The largest absolute Gasteiger partial charge is 0.497 e. The van der Waals surface area contributed by atoms with Crippen molar-refractivity contribution in [1.29, 1.82) is 0 Å². The maximum Gasteiger partial charge on any atom is 0.330 e. The summed E-state index contributed by atoms with van der Waals surface area (Å²) in [5.74, 6) is 1.25. The van der Waals surface area contributed by atoms with E-state index in [-0.39, 0.29) is 0 Å². The van der Waals surface area contributed by atoms with E-state index < -0.39 is 5.97 Å². The highest BCUT2D eigenvalue weighted by Gasteiger charge is 1.97. The number of benzene rings is 1. The minimum atomic E-state index is -0.399. The number of rotatable bonds is 19. The second-order valence-corrected chi connectivity index (χ2v) is 6.15. The Bertz CT molecular complexity index is 530. The molecule has 7 heteroatoms. The Morgan fingerprint density at radius 3 is 1.69 bits per heavy atom. The van der Waals surface area contributed by atoms with E-state index in [1.54, 1.807) is 7.11 Å². The van der Waals surface area contributed by atoms with Crippen LogP contribution >= 0.6 is 0 Å². The Morgan fingerprint density at radius 1 is 0.759 bits per heavy atom. The minimum absolute atomic E-state index is 0.356. The summed E-state index contributed by atoms with van der Waals surface area (Å²) in [6.07, 6.45) is 4.40. The van der Waals surface area contributed by atoms with Crippen molar-refractivity contribution in [3.05, 3.63) is 36.9 Å². The molecule has 0 aromatic heterocycles. The maximum absolute atomic E-state index is 10.8. The lowest BCUT2D eigenvalue weighted by molar-refractivity contribution is -0.138. The van der Waals surface area contributed by atoms with Gasteiger partial charge >= 0.3 is 5.97 Å². The molecule has 0 saturated heterocycles. The summed E-state index contributed by atoms with van der Waals surface area (Å²) in [5, 5.41) is 0. The molecule has 0 unspecified atom stereocenters. The third-order valence-electron chi connectivity index (χ3n) is 3.76. The van der Waals surface area contributed by atoms with Crippen molar-refractivity contribution in [2.75, 3.05) is 60.0 Å². The summed E-state index contributed by atoms with van der Waals surface area (Å²) < 4.78 is 32.1. The quantitative estimate of drug-likeness (QED) is 0.197. The molecule has 0 N–H and O–H groups in total. The van der Waals surface area contributed by atoms with Crippen LogP contribution in [0.3, 0.4) is 0 Å². The van der Waals surface area contributed by atoms with Crippen molar-refractivity contribution >= 4 is 5.97 Å². The number of ether oxygens (including phenoxy) is 6. The maximum atomic E-state index is 10.8. The van der Waals surface area contributed by atoms with Crippen LogP contribution in [0, 0.1) is 0 Å². The number of hydrogen-bond donors (Lipinski definition) is 0. The van der Waals surface area contributed by atoms with Crippen molar-refractivity contribution < 1.29 is 33.2 Å². The van der Waals surface area contributed by atoms with E-state index in [9.17, 15) is 4.79 Å². The van der Waals surface area contributed by atoms with Gasteiger partial charge in [0.15, 0.2) is 0 Å². The van der Waals surface area contributed by atoms with Gasteiger partial charge in [0.05, 0.1) is 20.3 Å². The van der Waals surface area contributed by atoms with Gasteiger partial charge in [-0.3, -0.25) is 0 Å². The molecule has 1 rings (SSSR count). The van der Waals surface area contributed by atoms with Gasteiger partial charge in [-0.05, 0) is 37.1 Å². The first-order valence-electron chi connectivity index (χ1n) is 10.1. The van der Waals surface area contributed by atoms with Gasteiger partial charge in [-0.1, -0.05) is 6.58 Å². The van der Waals surface area contributed by atoms with Gasteiger partial charge in [-0.15, -0.1) is 0 Å². The van der Waals surface area contributed by atoms with Crippen LogP contribution in [0.5, 0.6) is 11.5 Å². The Labute approximate surface area is 173 Å². The molecule has 29 heavy (non-hydrogen) atoms. The zero-order valence-electron chi connectivity index (χ0n) is 17.4. The van der Waals surface area contributed by atoms with Gasteiger partial charge in [0, 0.05) is 58.6 Å². The molecular weight excluding hydrogens is 376 g/mol. The molecule has 0 saturated carbocycles. The molecule has 7 nitrogen and oxygen atoms in total. The number of hydrogen-bond acceptors (Lipinski definition) is 7. The molecule has 0 spiro atoms. The van der Waals surface area contributed by atoms with E-state index in [4.69, 9.17) is 28.4 Å². The second kappa shape index (κ2) is 18.0. The Balaban J connectivity index is 1.75. The van der Waals surface area contributed by atoms with Crippen LogP contribution in [0.2, 0.25) is 0 Å². The first kappa shape index (κ1) is 24.9. The lowest BCUT2D eigenvalue weighted by Gasteiger charge is -2.08. The standard InChI is InChI=1S/C22H34O7/c1-3-22(23)29-19-7-17-27-15-5-13-25-12-4-14-26-16-6-18-28-21-10-8-20(24-2)9-11-21/h3,8-11H,1,4-7,12-19H2,2H3. The molecule has 164 valence electrons. The second-order valence-electron chi connectivity index (χ2n) is 6.15. The zero-order chi connectivity index (χ0) is 21.0. The molecule has 0 bridgehead atoms. The van der Waals surface area contributed by atoms with Crippen molar-refractivity contribution in [2.24, 2.45) is 0 Å². The third-order valence-corrected chi connectivity index (χ3v) is 3.76. The van der Waals surface area contributed by atoms with E-state index in [0.29, 0.717) is 59.3 Å². The lowest BCUT2D eigenvalue weighted by Crippen LogP contribution is -2.08. The fourth-order valence-electron chi connectivity index (χ4n) is 2.25. The average Bonchev–Trinajstić information content (AvgIpc) is 2.76. The molecule has 0 amide bonds. The predicted octanol–water partition coefficient (Wildman–Crippen LogP) is 3.41. The molecule has 0 aliphatic heterocycles. The fourth-order valence-corrected chi connectivity index (χ4v) is 2.25. The minimum Gasteiger partial charge on any atom is -0.497 e. The van der Waals surface area contributed by atoms with E-state index in [1.807, 2.05) is 24.3 Å². The Kier molecular flexibility index (Phi) is 15.5. The third kappa shape index (κ3) is 14.5. The molecular formula is C22H34O7. The van der Waals surface area contributed by atoms with Gasteiger partial charge in [0.2, 0.25) is 0 Å². The molecule has 1 aromatic carbocycles. The van der Waals surface area contributed by atoms with Gasteiger partial charge in [0.25, 0.3) is 0 Å². The van der Waals surface area contributed by atoms with Crippen LogP contribution in [0.15, 0.2) is 36.9 Å². The lowest BCUT2D eigenvalue weighted by atomic mass is 10.3. The first-order valence-corrected chi connectivity index (χ1v) is 10.1. The number of carbonyl (C=O) groups excluding carboxylic acids is 1. The monoisotopic (exact) mass is 410 g/mol. The summed E-state index contributed by atoms with van der Waals surface area (Å²) in [5.41, 5.74) is 0. The van der Waals surface area contributed by atoms with Crippen molar-refractivity contribution in [3.8, 4) is 11.5 Å². The highest BCUT2D eigenvalue weighted by atomic mass is 16.5. The Hall–Kier alpha value is -2.09. The smallest absolute Gasteiger partial charge is 0.330 e. The van der Waals surface area contributed by atoms with Gasteiger partial charge in [-0.2, -0.15) is 0 Å². The topological polar surface area (TPSA) is 72.5 Å². The normalized spacial score (nSPS) is 10.5. The van der Waals surface area contributed by atoms with Gasteiger partial charge < -0.3 is 28.4 Å². The van der Waals surface area contributed by atoms with E-state index in [2.05, 4.69) is 6.58 Å². The number of carbonyl (C=O) groups is 1. The molecule has 0 heterocycles. The van der Waals surface area contributed by atoms with Crippen LogP contribution in [-0.2, 0) is 23.7 Å². The van der Waals surface area contributed by atoms with Gasteiger partial charge in [-0.25, -0.2) is 4.79 Å². The van der Waals surface area contributed by atoms with E-state index in [0.717, 1.165) is 36.8 Å². The summed E-state index contributed by atoms with van der Waals surface area (Å²) in [4.78, 5) is 10.8. The summed E-state index contributed by atoms with van der Waals surface area (Å²) in [6, 6.07) is 7.54. The van der Waals surface area contributed by atoms with Crippen LogP contribution < -0.4 is 9.47 Å². The van der Waals surface area contributed by atoms with E-state index in [1.165, 1.54) is 0 Å². The SMILES string of the molecule is C=CC(=O)OCCCOCCCOCCCOCCCOc1ccc(OC)cc1. The summed E-state index contributed by atoms with van der Waals surface area (Å²) in [6.45, 7) is 8.23. The zero-order valence-corrected chi connectivity index (χ0v) is 17.4. The van der Waals surface area contributed by atoms with Crippen molar-refractivity contribution in [2.45, 2.75) is 25.7 Å². The number of esters is 1. The summed E-state index contributed by atoms with van der Waals surface area (Å²) >= 11 is 0. The Morgan fingerprint density at radius 2 is 1.21 bits per heavy atom. The fraction of sp³-hybridized carbons (Fsp3) is 0.591. The molecule has 0 aliphatic rings. The summed E-state index contributed by atoms with van der Waals surface area (Å²) in [7, 11) is 1.64. The van der Waals surface area contributed by atoms with Crippen molar-refractivity contribution in [1.82, 2.24) is 0 Å². The highest BCUT2D eigenvalue weighted by molar-refractivity contribution is 5.81. The van der Waals surface area contributed by atoms with Crippen molar-refractivity contribution in [3.63, 3.8) is 0 Å². The van der Waals surface area contributed by atoms with Crippen LogP contribution in [0.25, 0.3) is 0 Å². The predicted molar refractivity (Wildman–Crippen MR) is 111 cm³/mol. The molecule has 0 atom stereocenters. The van der Waals surface area contributed by atoms with Crippen LogP contribution in [-0.4, -0.2) is 65.9 Å². The average molecular weight is 411 g/mol. The molecule has 0 fully saturated rings. The van der Waals surface area contributed by atoms with Crippen LogP contribution in [0.1, 0.15) is 25.7 Å². The van der Waals surface area contributed by atoms with E-state index >= 15 is 0 Å². The molecule has 0 radical (unpaired) electrons. The number of methoxy groups -OCH3 is 1.